The number of hydrogen-bond acceptors (Lipinski definition) is 5. The van der Waals surface area contributed by atoms with Gasteiger partial charge in [0.1, 0.15) is 5.82 Å². The summed E-state index contributed by atoms with van der Waals surface area (Å²) in [5.41, 5.74) is 3.43. The van der Waals surface area contributed by atoms with E-state index in [1.54, 1.807) is 0 Å². The van der Waals surface area contributed by atoms with Gasteiger partial charge in [-0.1, -0.05) is 19.4 Å². The van der Waals surface area contributed by atoms with Crippen molar-refractivity contribution < 1.29 is 4.74 Å². The maximum absolute atomic E-state index is 5.46. The molecule has 1 aliphatic rings. The van der Waals surface area contributed by atoms with Gasteiger partial charge < -0.3 is 14.5 Å². The van der Waals surface area contributed by atoms with E-state index in [1.807, 2.05) is 6.92 Å². The average molecular weight is 419 g/mol. The first-order valence-corrected chi connectivity index (χ1v) is 10.2. The molecule has 2 heterocycles. The molecule has 0 N–H and O–H groups in total. The van der Waals surface area contributed by atoms with Crippen molar-refractivity contribution >= 4 is 33.4 Å². The number of aromatic nitrogens is 2. The van der Waals surface area contributed by atoms with Crippen LogP contribution in [0.2, 0.25) is 0 Å². The molecule has 26 heavy (non-hydrogen) atoms. The van der Waals surface area contributed by atoms with Crippen molar-refractivity contribution in [1.29, 1.82) is 0 Å². The Kier molecular flexibility index (Phi) is 6.48. The number of halogens is 1. The number of hydrogen-bond donors (Lipinski definition) is 0. The zero-order valence-electron chi connectivity index (χ0n) is 15.8. The van der Waals surface area contributed by atoms with E-state index in [1.165, 1.54) is 5.56 Å². The van der Waals surface area contributed by atoms with Crippen molar-refractivity contribution in [1.82, 2.24) is 9.97 Å². The largest absolute Gasteiger partial charge is 0.378 e. The van der Waals surface area contributed by atoms with Crippen molar-refractivity contribution in [3.63, 3.8) is 0 Å². The molecule has 0 aliphatic carbocycles. The minimum absolute atomic E-state index is 0.748. The molecule has 5 nitrogen and oxygen atoms in total. The summed E-state index contributed by atoms with van der Waals surface area (Å²) in [5.74, 6) is 1.73. The Morgan fingerprint density at radius 2 is 1.92 bits per heavy atom. The van der Waals surface area contributed by atoms with Crippen LogP contribution >= 0.6 is 15.9 Å². The molecular weight excluding hydrogens is 392 g/mol. The van der Waals surface area contributed by atoms with Gasteiger partial charge in [-0.05, 0) is 53.9 Å². The Balaban J connectivity index is 1.93. The average Bonchev–Trinajstić information content (AvgIpc) is 2.64. The lowest BCUT2D eigenvalue weighted by molar-refractivity contribution is 0.122. The van der Waals surface area contributed by atoms with Gasteiger partial charge in [-0.3, -0.25) is 0 Å². The number of anilines is 3. The van der Waals surface area contributed by atoms with Gasteiger partial charge in [0.15, 0.2) is 0 Å². The third-order valence-electron chi connectivity index (χ3n) is 4.56. The van der Waals surface area contributed by atoms with Gasteiger partial charge >= 0.3 is 0 Å². The molecule has 1 aromatic heterocycles. The fraction of sp³-hybridized carbons (Fsp3) is 0.500. The lowest BCUT2D eigenvalue weighted by atomic mass is 10.1. The number of nitrogens with zero attached hydrogens (tertiary/aromatic N) is 4. The predicted octanol–water partition coefficient (Wildman–Crippen LogP) is 4.49. The van der Waals surface area contributed by atoms with E-state index in [0.717, 1.165) is 73.3 Å². The summed E-state index contributed by atoms with van der Waals surface area (Å²) in [5, 5.41) is 0. The molecule has 0 saturated carbocycles. The second-order valence-corrected chi connectivity index (χ2v) is 7.40. The molecule has 1 fully saturated rings. The van der Waals surface area contributed by atoms with E-state index in [-0.39, 0.29) is 0 Å². The van der Waals surface area contributed by atoms with Gasteiger partial charge in [0.2, 0.25) is 5.95 Å². The molecule has 1 aromatic carbocycles. The Morgan fingerprint density at radius 1 is 1.15 bits per heavy atom. The molecule has 140 valence electrons. The van der Waals surface area contributed by atoms with Gasteiger partial charge in [0.05, 0.1) is 18.9 Å². The number of aryl methyl sites for hydroxylation is 2. The molecular formula is C20H27BrN4O. The lowest BCUT2D eigenvalue weighted by Gasteiger charge is -2.29. The van der Waals surface area contributed by atoms with Crippen LogP contribution in [0.4, 0.5) is 17.5 Å². The Bertz CT molecular complexity index is 747. The van der Waals surface area contributed by atoms with Crippen LogP contribution in [0.25, 0.3) is 0 Å². The first kappa shape index (κ1) is 19.1. The summed E-state index contributed by atoms with van der Waals surface area (Å²) in [7, 11) is 0. The zero-order valence-corrected chi connectivity index (χ0v) is 17.4. The first-order chi connectivity index (χ1) is 12.6. The topological polar surface area (TPSA) is 41.5 Å². The molecule has 1 aliphatic heterocycles. The second-order valence-electron chi connectivity index (χ2n) is 6.55. The highest BCUT2D eigenvalue weighted by Crippen LogP contribution is 2.32. The van der Waals surface area contributed by atoms with Crippen molar-refractivity contribution in [3.05, 3.63) is 40.0 Å². The SMILES string of the molecule is CCCc1ccc(N(CC)c2nc(C)cc(N3CCOCC3)n2)c(Br)c1. The highest BCUT2D eigenvalue weighted by Gasteiger charge is 2.18. The van der Waals surface area contributed by atoms with E-state index in [9.17, 15) is 0 Å². The Labute approximate surface area is 164 Å². The van der Waals surface area contributed by atoms with Gasteiger partial charge in [0.25, 0.3) is 0 Å². The number of morpholine rings is 1. The van der Waals surface area contributed by atoms with E-state index in [0.29, 0.717) is 0 Å². The highest BCUT2D eigenvalue weighted by atomic mass is 79.9. The van der Waals surface area contributed by atoms with Crippen LogP contribution in [0.1, 0.15) is 31.5 Å². The van der Waals surface area contributed by atoms with Gasteiger partial charge in [-0.15, -0.1) is 0 Å². The van der Waals surface area contributed by atoms with Crippen LogP contribution in [-0.2, 0) is 11.2 Å². The Morgan fingerprint density at radius 3 is 2.58 bits per heavy atom. The third-order valence-corrected chi connectivity index (χ3v) is 5.20. The van der Waals surface area contributed by atoms with Gasteiger partial charge in [0, 0.05) is 35.9 Å². The Hall–Kier alpha value is -1.66. The van der Waals surface area contributed by atoms with Crippen LogP contribution in [0.5, 0.6) is 0 Å². The summed E-state index contributed by atoms with van der Waals surface area (Å²) >= 11 is 3.75. The first-order valence-electron chi connectivity index (χ1n) is 9.36. The number of ether oxygens (including phenoxy) is 1. The van der Waals surface area contributed by atoms with Crippen molar-refractivity contribution in [2.24, 2.45) is 0 Å². The van der Waals surface area contributed by atoms with E-state index >= 15 is 0 Å². The van der Waals surface area contributed by atoms with Crippen LogP contribution in [0, 0.1) is 6.92 Å². The molecule has 0 bridgehead atoms. The smallest absolute Gasteiger partial charge is 0.232 e. The normalized spacial score (nSPS) is 14.5. The van der Waals surface area contributed by atoms with Crippen molar-refractivity contribution in [3.8, 4) is 0 Å². The van der Waals surface area contributed by atoms with Crippen molar-refractivity contribution in [2.75, 3.05) is 42.6 Å². The van der Waals surface area contributed by atoms with Crippen LogP contribution < -0.4 is 9.80 Å². The summed E-state index contributed by atoms with van der Waals surface area (Å²) in [6.07, 6.45) is 2.24. The summed E-state index contributed by atoms with van der Waals surface area (Å²) in [4.78, 5) is 14.0. The molecule has 6 heteroatoms. The van der Waals surface area contributed by atoms with Crippen LogP contribution in [-0.4, -0.2) is 42.8 Å². The quantitative estimate of drug-likeness (QED) is 0.690. The zero-order chi connectivity index (χ0) is 18.5. The maximum Gasteiger partial charge on any atom is 0.232 e. The second kappa shape index (κ2) is 8.82. The maximum atomic E-state index is 5.46. The standard InChI is InChI=1S/C20H27BrN4O/c1-4-6-16-7-8-18(17(21)14-16)25(5-2)20-22-15(3)13-19(23-20)24-9-11-26-12-10-24/h7-8,13-14H,4-6,9-12H2,1-3H3. The number of benzene rings is 1. The van der Waals surface area contributed by atoms with Gasteiger partial charge in [-0.2, -0.15) is 4.98 Å². The predicted molar refractivity (Wildman–Crippen MR) is 111 cm³/mol. The highest BCUT2D eigenvalue weighted by molar-refractivity contribution is 9.10. The molecule has 2 aromatic rings. The fourth-order valence-corrected chi connectivity index (χ4v) is 3.88. The lowest BCUT2D eigenvalue weighted by Crippen LogP contribution is -2.37. The molecule has 3 rings (SSSR count). The minimum atomic E-state index is 0.748. The van der Waals surface area contributed by atoms with E-state index < -0.39 is 0 Å². The van der Waals surface area contributed by atoms with Crippen molar-refractivity contribution in [2.45, 2.75) is 33.6 Å². The molecule has 1 saturated heterocycles. The molecule has 0 amide bonds. The molecule has 0 atom stereocenters. The van der Waals surface area contributed by atoms with E-state index in [4.69, 9.17) is 14.7 Å². The summed E-state index contributed by atoms with van der Waals surface area (Å²) in [6, 6.07) is 8.63. The fourth-order valence-electron chi connectivity index (χ4n) is 3.24. The van der Waals surface area contributed by atoms with Crippen LogP contribution in [0.3, 0.4) is 0 Å². The van der Waals surface area contributed by atoms with Crippen LogP contribution in [0.15, 0.2) is 28.7 Å². The van der Waals surface area contributed by atoms with E-state index in [2.05, 4.69) is 63.8 Å². The minimum Gasteiger partial charge on any atom is -0.378 e. The third kappa shape index (κ3) is 4.35. The summed E-state index contributed by atoms with van der Waals surface area (Å²) < 4.78 is 6.55. The summed E-state index contributed by atoms with van der Waals surface area (Å²) in [6.45, 7) is 10.4. The molecule has 0 spiro atoms. The monoisotopic (exact) mass is 418 g/mol. The number of rotatable bonds is 6. The molecule has 0 unspecified atom stereocenters. The van der Waals surface area contributed by atoms with Gasteiger partial charge in [-0.25, -0.2) is 4.98 Å². The molecule has 0 radical (unpaired) electrons.